The average Bonchev–Trinajstić information content (AvgIpc) is 3.62. The predicted molar refractivity (Wildman–Crippen MR) is 124 cm³/mol. The Morgan fingerprint density at radius 2 is 1.60 bits per heavy atom. The van der Waals surface area contributed by atoms with Gasteiger partial charge in [0.15, 0.2) is 0 Å². The molecule has 1 aromatic heterocycles. The summed E-state index contributed by atoms with van der Waals surface area (Å²) < 4.78 is 53.6. The summed E-state index contributed by atoms with van der Waals surface area (Å²) >= 11 is 5.57. The number of halogens is 5. The van der Waals surface area contributed by atoms with Gasteiger partial charge in [0.05, 0.1) is 16.3 Å². The van der Waals surface area contributed by atoms with Crippen molar-refractivity contribution in [2.45, 2.75) is 19.0 Å². The first-order chi connectivity index (χ1) is 16.6. The maximum atomic E-state index is 14.6. The summed E-state index contributed by atoms with van der Waals surface area (Å²) in [6, 6.07) is 9.03. The lowest BCUT2D eigenvalue weighted by Crippen LogP contribution is -2.20. The van der Waals surface area contributed by atoms with Crippen molar-refractivity contribution in [1.29, 1.82) is 0 Å². The third kappa shape index (κ3) is 6.38. The van der Waals surface area contributed by atoms with Gasteiger partial charge in [-0.1, -0.05) is 11.6 Å². The Hall–Kier alpha value is -3.86. The Kier molecular flexibility index (Phi) is 6.79. The molecule has 0 bridgehead atoms. The minimum absolute atomic E-state index is 0.00878. The zero-order valence-electron chi connectivity index (χ0n) is 17.8. The summed E-state index contributed by atoms with van der Waals surface area (Å²) in [4.78, 5) is 28.1. The van der Waals surface area contributed by atoms with Crippen molar-refractivity contribution >= 4 is 52.1 Å². The molecular formula is C23H18ClF4N5O2. The van der Waals surface area contributed by atoms with Gasteiger partial charge in [0.25, 0.3) is 0 Å². The molecule has 0 spiro atoms. The van der Waals surface area contributed by atoms with Crippen LogP contribution in [0.2, 0.25) is 5.02 Å². The molecule has 0 saturated heterocycles. The monoisotopic (exact) mass is 507 g/mol. The first-order valence-corrected chi connectivity index (χ1v) is 10.7. The van der Waals surface area contributed by atoms with E-state index >= 15 is 0 Å². The molecule has 4 N–H and O–H groups in total. The molecule has 12 heteroatoms. The second-order valence-electron chi connectivity index (χ2n) is 7.78. The standard InChI is InChI=1S/C23H18ClF4N5O2/c24-17-5-3-13(9-16(17)23(26,27)28)31-22(35)32-14-4-6-19(18(25)10-14)30-15-7-8-29-20(11-15)33-21(34)12-1-2-12/h3-12H,1-2H2,(H2,31,32,35)(H2,29,30,33,34). The van der Waals surface area contributed by atoms with Crippen LogP contribution in [-0.4, -0.2) is 16.9 Å². The number of hydrogen-bond donors (Lipinski definition) is 4. The van der Waals surface area contributed by atoms with Crippen molar-refractivity contribution < 1.29 is 27.2 Å². The summed E-state index contributed by atoms with van der Waals surface area (Å²) in [6.07, 6.45) is -1.52. The highest BCUT2D eigenvalue weighted by atomic mass is 35.5. The minimum Gasteiger partial charge on any atom is -0.353 e. The molecule has 2 aromatic carbocycles. The van der Waals surface area contributed by atoms with E-state index < -0.39 is 28.6 Å². The molecule has 3 aromatic rings. The van der Waals surface area contributed by atoms with E-state index in [-0.39, 0.29) is 28.9 Å². The zero-order chi connectivity index (χ0) is 25.2. The Bertz CT molecular complexity index is 1280. The van der Waals surface area contributed by atoms with Gasteiger partial charge in [-0.2, -0.15) is 13.2 Å². The van der Waals surface area contributed by atoms with E-state index in [0.29, 0.717) is 17.6 Å². The summed E-state index contributed by atoms with van der Waals surface area (Å²) in [5, 5.41) is 9.67. The van der Waals surface area contributed by atoms with Crippen molar-refractivity contribution in [3.05, 3.63) is 71.1 Å². The van der Waals surface area contributed by atoms with Gasteiger partial charge >= 0.3 is 12.2 Å². The number of carbonyl (C=O) groups is 2. The third-order valence-corrected chi connectivity index (χ3v) is 5.32. The Balaban J connectivity index is 1.39. The molecule has 4 rings (SSSR count). The number of nitrogens with zero attached hydrogens (tertiary/aromatic N) is 1. The lowest BCUT2D eigenvalue weighted by molar-refractivity contribution is -0.137. The second-order valence-corrected chi connectivity index (χ2v) is 8.19. The van der Waals surface area contributed by atoms with Gasteiger partial charge in [-0.3, -0.25) is 4.79 Å². The van der Waals surface area contributed by atoms with E-state index in [9.17, 15) is 27.2 Å². The summed E-state index contributed by atoms with van der Waals surface area (Å²) in [7, 11) is 0. The van der Waals surface area contributed by atoms with Crippen molar-refractivity contribution in [3.8, 4) is 0 Å². The fourth-order valence-corrected chi connectivity index (χ4v) is 3.34. The molecule has 0 atom stereocenters. The number of urea groups is 1. The average molecular weight is 508 g/mol. The highest BCUT2D eigenvalue weighted by Crippen LogP contribution is 2.36. The van der Waals surface area contributed by atoms with E-state index in [0.717, 1.165) is 25.0 Å². The molecule has 1 heterocycles. The van der Waals surface area contributed by atoms with E-state index in [1.165, 1.54) is 24.4 Å². The quantitative estimate of drug-likeness (QED) is 0.282. The fraction of sp³-hybridized carbons (Fsp3) is 0.174. The molecule has 1 aliphatic rings. The van der Waals surface area contributed by atoms with Crippen LogP contribution in [0.4, 0.5) is 50.9 Å². The number of aromatic nitrogens is 1. The molecule has 0 aliphatic heterocycles. The van der Waals surface area contributed by atoms with Crippen LogP contribution in [0.1, 0.15) is 18.4 Å². The van der Waals surface area contributed by atoms with Crippen LogP contribution in [0.5, 0.6) is 0 Å². The van der Waals surface area contributed by atoms with Crippen LogP contribution < -0.4 is 21.3 Å². The van der Waals surface area contributed by atoms with Gasteiger partial charge in [-0.25, -0.2) is 14.2 Å². The van der Waals surface area contributed by atoms with E-state index in [1.807, 2.05) is 0 Å². The first kappa shape index (κ1) is 24.3. The molecule has 1 fully saturated rings. The number of hydrogen-bond acceptors (Lipinski definition) is 4. The first-order valence-electron chi connectivity index (χ1n) is 10.4. The molecule has 0 unspecified atom stereocenters. The summed E-state index contributed by atoms with van der Waals surface area (Å²) in [6.45, 7) is 0. The number of alkyl halides is 3. The molecule has 0 radical (unpaired) electrons. The van der Waals surface area contributed by atoms with Crippen molar-refractivity contribution in [3.63, 3.8) is 0 Å². The number of benzene rings is 2. The van der Waals surface area contributed by atoms with Gasteiger partial charge in [-0.15, -0.1) is 0 Å². The molecule has 1 saturated carbocycles. The zero-order valence-corrected chi connectivity index (χ0v) is 18.6. The largest absolute Gasteiger partial charge is 0.417 e. The van der Waals surface area contributed by atoms with Gasteiger partial charge in [0.1, 0.15) is 11.6 Å². The van der Waals surface area contributed by atoms with Crippen LogP contribution >= 0.6 is 11.6 Å². The van der Waals surface area contributed by atoms with Crippen LogP contribution in [0.3, 0.4) is 0 Å². The molecule has 35 heavy (non-hydrogen) atoms. The van der Waals surface area contributed by atoms with Gasteiger partial charge in [0.2, 0.25) is 5.91 Å². The Labute approximate surface area is 201 Å². The summed E-state index contributed by atoms with van der Waals surface area (Å²) in [5.74, 6) is -0.468. The SMILES string of the molecule is O=C(Nc1ccc(Nc2ccnc(NC(=O)C3CC3)c2)c(F)c1)Nc1ccc(Cl)c(C(F)(F)F)c1. The predicted octanol–water partition coefficient (Wildman–Crippen LogP) is 6.63. The van der Waals surface area contributed by atoms with Gasteiger partial charge < -0.3 is 21.3 Å². The van der Waals surface area contributed by atoms with Crippen LogP contribution in [-0.2, 0) is 11.0 Å². The molecule has 1 aliphatic carbocycles. The maximum absolute atomic E-state index is 14.6. The Morgan fingerprint density at radius 3 is 2.26 bits per heavy atom. The molecule has 7 nitrogen and oxygen atoms in total. The molecular weight excluding hydrogens is 490 g/mol. The van der Waals surface area contributed by atoms with Crippen LogP contribution in [0.15, 0.2) is 54.7 Å². The third-order valence-electron chi connectivity index (χ3n) is 4.99. The molecule has 182 valence electrons. The minimum atomic E-state index is -4.68. The van der Waals surface area contributed by atoms with E-state index in [2.05, 4.69) is 26.3 Å². The van der Waals surface area contributed by atoms with Crippen LogP contribution in [0.25, 0.3) is 0 Å². The highest BCUT2D eigenvalue weighted by Gasteiger charge is 2.33. The number of anilines is 5. The normalized spacial score (nSPS) is 13.2. The fourth-order valence-electron chi connectivity index (χ4n) is 3.11. The van der Waals surface area contributed by atoms with Crippen molar-refractivity contribution in [2.75, 3.05) is 21.3 Å². The van der Waals surface area contributed by atoms with Crippen LogP contribution in [0, 0.1) is 11.7 Å². The van der Waals surface area contributed by atoms with Crippen molar-refractivity contribution in [2.24, 2.45) is 5.92 Å². The number of nitrogens with one attached hydrogen (secondary N) is 4. The smallest absolute Gasteiger partial charge is 0.353 e. The number of pyridine rings is 1. The van der Waals surface area contributed by atoms with Gasteiger partial charge in [-0.05, 0) is 55.3 Å². The second kappa shape index (κ2) is 9.79. The molecule has 3 amide bonds. The topological polar surface area (TPSA) is 95.2 Å². The Morgan fingerprint density at radius 1 is 0.914 bits per heavy atom. The van der Waals surface area contributed by atoms with E-state index in [1.54, 1.807) is 12.1 Å². The van der Waals surface area contributed by atoms with Crippen molar-refractivity contribution in [1.82, 2.24) is 4.98 Å². The van der Waals surface area contributed by atoms with E-state index in [4.69, 9.17) is 11.6 Å². The number of rotatable bonds is 6. The highest BCUT2D eigenvalue weighted by molar-refractivity contribution is 6.31. The maximum Gasteiger partial charge on any atom is 0.417 e. The van der Waals surface area contributed by atoms with Gasteiger partial charge in [0, 0.05) is 35.2 Å². The number of carbonyl (C=O) groups excluding carboxylic acids is 2. The summed E-state index contributed by atoms with van der Waals surface area (Å²) in [5.41, 5.74) is -0.589. The lowest BCUT2D eigenvalue weighted by atomic mass is 10.2. The lowest BCUT2D eigenvalue weighted by Gasteiger charge is -2.13. The number of amides is 3.